The Kier molecular flexibility index (Phi) is 4.33. The largest absolute Gasteiger partial charge is 0.382 e. The van der Waals surface area contributed by atoms with Crippen molar-refractivity contribution in [3.8, 4) is 6.07 Å². The lowest BCUT2D eigenvalue weighted by molar-refractivity contribution is -0.131. The van der Waals surface area contributed by atoms with Crippen molar-refractivity contribution in [1.29, 1.82) is 5.26 Å². The Balaban J connectivity index is 2.53. The summed E-state index contributed by atoms with van der Waals surface area (Å²) in [4.78, 5) is 13.4. The first kappa shape index (κ1) is 12.0. The van der Waals surface area contributed by atoms with E-state index in [-0.39, 0.29) is 12.5 Å². The Morgan fingerprint density at radius 1 is 1.75 bits per heavy atom. The number of hydrogen-bond donors (Lipinski definition) is 1. The highest BCUT2D eigenvalue weighted by Crippen LogP contribution is 1.99. The Morgan fingerprint density at radius 2 is 2.50 bits per heavy atom. The van der Waals surface area contributed by atoms with Gasteiger partial charge in [-0.1, -0.05) is 0 Å². The first-order valence-electron chi connectivity index (χ1n) is 5.11. The molecule has 0 aliphatic heterocycles. The highest BCUT2D eigenvalue weighted by Gasteiger charge is 2.11. The minimum atomic E-state index is -0.0548. The molecule has 0 radical (unpaired) electrons. The molecule has 0 spiro atoms. The van der Waals surface area contributed by atoms with Gasteiger partial charge in [0.15, 0.2) is 0 Å². The van der Waals surface area contributed by atoms with Crippen molar-refractivity contribution in [2.24, 2.45) is 0 Å². The van der Waals surface area contributed by atoms with Gasteiger partial charge < -0.3 is 10.6 Å². The summed E-state index contributed by atoms with van der Waals surface area (Å²) in [5.74, 6) is 0.341. The van der Waals surface area contributed by atoms with Crippen LogP contribution in [0.1, 0.15) is 13.3 Å². The number of nitriles is 1. The topological polar surface area (TPSA) is 87.9 Å². The summed E-state index contributed by atoms with van der Waals surface area (Å²) in [6.07, 6.45) is 2.01. The lowest BCUT2D eigenvalue weighted by Crippen LogP contribution is -2.34. The van der Waals surface area contributed by atoms with E-state index >= 15 is 0 Å². The number of rotatable bonds is 5. The first-order valence-corrected chi connectivity index (χ1v) is 5.11. The monoisotopic (exact) mass is 221 g/mol. The molecular weight excluding hydrogens is 206 g/mol. The lowest BCUT2D eigenvalue weighted by Gasteiger charge is -2.19. The van der Waals surface area contributed by atoms with Crippen LogP contribution in [0.15, 0.2) is 12.3 Å². The van der Waals surface area contributed by atoms with Gasteiger partial charge in [0.1, 0.15) is 12.4 Å². The number of carbonyl (C=O) groups is 1. The van der Waals surface area contributed by atoms with E-state index in [4.69, 9.17) is 11.0 Å². The van der Waals surface area contributed by atoms with Crippen LogP contribution < -0.4 is 5.73 Å². The number of amides is 1. The Morgan fingerprint density at radius 3 is 3.00 bits per heavy atom. The lowest BCUT2D eigenvalue weighted by atomic mass is 10.4. The van der Waals surface area contributed by atoms with Gasteiger partial charge in [-0.05, 0) is 13.0 Å². The molecule has 0 unspecified atom stereocenters. The molecule has 0 aliphatic rings. The van der Waals surface area contributed by atoms with E-state index in [2.05, 4.69) is 5.10 Å². The smallest absolute Gasteiger partial charge is 0.244 e. The molecule has 0 fully saturated rings. The molecule has 2 N–H and O–H groups in total. The quantitative estimate of drug-likeness (QED) is 0.770. The Labute approximate surface area is 94.2 Å². The van der Waals surface area contributed by atoms with E-state index in [0.717, 1.165) is 0 Å². The molecule has 86 valence electrons. The third-order valence-electron chi connectivity index (χ3n) is 2.19. The molecule has 0 bridgehead atoms. The second-order valence-electron chi connectivity index (χ2n) is 3.32. The van der Waals surface area contributed by atoms with Crippen molar-refractivity contribution in [2.45, 2.75) is 19.9 Å². The van der Waals surface area contributed by atoms with Crippen LogP contribution in [0.5, 0.6) is 0 Å². The highest BCUT2D eigenvalue weighted by atomic mass is 16.2. The molecule has 0 atom stereocenters. The maximum atomic E-state index is 11.8. The molecule has 0 aliphatic carbocycles. The molecule has 1 rings (SSSR count). The molecule has 6 heteroatoms. The normalized spacial score (nSPS) is 9.75. The van der Waals surface area contributed by atoms with Crippen molar-refractivity contribution < 1.29 is 4.79 Å². The van der Waals surface area contributed by atoms with Crippen LogP contribution in [-0.4, -0.2) is 33.7 Å². The van der Waals surface area contributed by atoms with Crippen LogP contribution in [0.25, 0.3) is 0 Å². The molecule has 0 aromatic carbocycles. The second kappa shape index (κ2) is 5.75. The third kappa shape index (κ3) is 3.28. The van der Waals surface area contributed by atoms with Gasteiger partial charge in [0.25, 0.3) is 0 Å². The summed E-state index contributed by atoms with van der Waals surface area (Å²) < 4.78 is 1.49. The van der Waals surface area contributed by atoms with Crippen LogP contribution in [0.4, 0.5) is 5.82 Å². The van der Waals surface area contributed by atoms with E-state index < -0.39 is 0 Å². The Hall–Kier alpha value is -2.03. The van der Waals surface area contributed by atoms with Crippen LogP contribution in [0.3, 0.4) is 0 Å². The fraction of sp³-hybridized carbons (Fsp3) is 0.500. The SMILES string of the molecule is CCN(CCC#N)C(=O)Cn1ccc(N)n1. The molecule has 0 saturated heterocycles. The number of hydrogen-bond acceptors (Lipinski definition) is 4. The number of likely N-dealkylation sites (N-methyl/N-ethyl adjacent to an activating group) is 1. The third-order valence-corrected chi connectivity index (χ3v) is 2.19. The summed E-state index contributed by atoms with van der Waals surface area (Å²) in [7, 11) is 0. The predicted octanol–water partition coefficient (Wildman–Crippen LogP) is 0.227. The van der Waals surface area contributed by atoms with Crippen LogP contribution >= 0.6 is 0 Å². The first-order chi connectivity index (χ1) is 7.67. The minimum Gasteiger partial charge on any atom is -0.382 e. The molecule has 0 saturated carbocycles. The number of nitrogens with two attached hydrogens (primary N) is 1. The van der Waals surface area contributed by atoms with Crippen LogP contribution in [0.2, 0.25) is 0 Å². The molecular formula is C10H15N5O. The number of carbonyl (C=O) groups excluding carboxylic acids is 1. The molecule has 1 aromatic heterocycles. The fourth-order valence-corrected chi connectivity index (χ4v) is 1.35. The summed E-state index contributed by atoms with van der Waals surface area (Å²) >= 11 is 0. The van der Waals surface area contributed by atoms with Gasteiger partial charge in [0, 0.05) is 19.3 Å². The van der Waals surface area contributed by atoms with Crippen molar-refractivity contribution in [2.75, 3.05) is 18.8 Å². The fourth-order valence-electron chi connectivity index (χ4n) is 1.35. The van der Waals surface area contributed by atoms with E-state index in [1.165, 1.54) is 4.68 Å². The van der Waals surface area contributed by atoms with E-state index in [9.17, 15) is 4.79 Å². The van der Waals surface area contributed by atoms with Gasteiger partial charge in [-0.15, -0.1) is 0 Å². The maximum Gasteiger partial charge on any atom is 0.244 e. The number of aromatic nitrogens is 2. The van der Waals surface area contributed by atoms with E-state index in [1.807, 2.05) is 13.0 Å². The van der Waals surface area contributed by atoms with Crippen molar-refractivity contribution in [1.82, 2.24) is 14.7 Å². The minimum absolute atomic E-state index is 0.0548. The number of anilines is 1. The van der Waals surface area contributed by atoms with Crippen molar-refractivity contribution in [3.05, 3.63) is 12.3 Å². The molecule has 1 amide bonds. The molecule has 1 aromatic rings. The predicted molar refractivity (Wildman–Crippen MR) is 59.1 cm³/mol. The molecule has 6 nitrogen and oxygen atoms in total. The zero-order valence-electron chi connectivity index (χ0n) is 9.26. The summed E-state index contributed by atoms with van der Waals surface area (Å²) in [5, 5.41) is 12.4. The summed E-state index contributed by atoms with van der Waals surface area (Å²) in [6, 6.07) is 3.66. The molecule has 16 heavy (non-hydrogen) atoms. The highest BCUT2D eigenvalue weighted by molar-refractivity contribution is 5.75. The van der Waals surface area contributed by atoms with Crippen molar-refractivity contribution >= 4 is 11.7 Å². The van der Waals surface area contributed by atoms with Crippen molar-refractivity contribution in [3.63, 3.8) is 0 Å². The Bertz CT molecular complexity index is 392. The van der Waals surface area contributed by atoms with Gasteiger partial charge in [-0.25, -0.2) is 0 Å². The number of nitrogen functional groups attached to an aromatic ring is 1. The maximum absolute atomic E-state index is 11.8. The average Bonchev–Trinajstić information content (AvgIpc) is 2.65. The summed E-state index contributed by atoms with van der Waals surface area (Å²) in [5.41, 5.74) is 5.44. The van der Waals surface area contributed by atoms with Gasteiger partial charge >= 0.3 is 0 Å². The van der Waals surface area contributed by atoms with Gasteiger partial charge in [-0.3, -0.25) is 9.48 Å². The molecule has 1 heterocycles. The zero-order chi connectivity index (χ0) is 12.0. The van der Waals surface area contributed by atoms with E-state index in [1.54, 1.807) is 17.2 Å². The van der Waals surface area contributed by atoms with Crippen LogP contribution in [0, 0.1) is 11.3 Å². The van der Waals surface area contributed by atoms with Gasteiger partial charge in [0.05, 0.1) is 12.5 Å². The van der Waals surface area contributed by atoms with Gasteiger partial charge in [-0.2, -0.15) is 10.4 Å². The zero-order valence-corrected chi connectivity index (χ0v) is 9.26. The van der Waals surface area contributed by atoms with Gasteiger partial charge in [0.2, 0.25) is 5.91 Å². The number of nitrogens with zero attached hydrogens (tertiary/aromatic N) is 4. The van der Waals surface area contributed by atoms with Crippen LogP contribution in [-0.2, 0) is 11.3 Å². The standard InChI is InChI=1S/C10H15N5O/c1-2-14(6-3-5-11)10(16)8-15-7-4-9(12)13-15/h4,7H,2-3,6,8H2,1H3,(H2,12,13). The van der Waals surface area contributed by atoms with E-state index in [0.29, 0.717) is 25.3 Å². The second-order valence-corrected chi connectivity index (χ2v) is 3.32. The average molecular weight is 221 g/mol. The summed E-state index contributed by atoms with van der Waals surface area (Å²) in [6.45, 7) is 3.10.